The Morgan fingerprint density at radius 1 is 1.15 bits per heavy atom. The average Bonchev–Trinajstić information content (AvgIpc) is 2.55. The molecule has 0 aliphatic heterocycles. The molecule has 1 N–H and O–H groups in total. The summed E-state index contributed by atoms with van der Waals surface area (Å²) in [6, 6.07) is 9.55. The number of carbonyl (C=O) groups is 1. The summed E-state index contributed by atoms with van der Waals surface area (Å²) in [7, 11) is -3.73. The van der Waals surface area contributed by atoms with Crippen LogP contribution in [-0.4, -0.2) is 27.1 Å². The van der Waals surface area contributed by atoms with E-state index in [0.717, 1.165) is 10.6 Å². The van der Waals surface area contributed by atoms with E-state index >= 15 is 0 Å². The first-order valence-corrected chi connectivity index (χ1v) is 10.2. The summed E-state index contributed by atoms with van der Waals surface area (Å²) >= 11 is 11.8. The molecule has 2 rings (SSSR count). The van der Waals surface area contributed by atoms with Crippen LogP contribution in [0.2, 0.25) is 10.0 Å². The van der Waals surface area contributed by atoms with E-state index in [0.29, 0.717) is 5.56 Å². The highest BCUT2D eigenvalue weighted by molar-refractivity contribution is 7.92. The van der Waals surface area contributed by atoms with Crippen LogP contribution in [0.4, 0.5) is 10.1 Å². The lowest BCUT2D eigenvalue weighted by atomic mass is 10.1. The van der Waals surface area contributed by atoms with Crippen LogP contribution in [0, 0.1) is 5.82 Å². The Bertz CT molecular complexity index is 905. The summed E-state index contributed by atoms with van der Waals surface area (Å²) in [5, 5.41) is 3.14. The number of benzene rings is 2. The highest BCUT2D eigenvalue weighted by Crippen LogP contribution is 2.28. The van der Waals surface area contributed by atoms with Crippen molar-refractivity contribution in [3.63, 3.8) is 0 Å². The molecular weight excluding hydrogens is 402 g/mol. The maximum atomic E-state index is 13.0. The summed E-state index contributed by atoms with van der Waals surface area (Å²) in [6.07, 6.45) is 0.992. The lowest BCUT2D eigenvalue weighted by Crippen LogP contribution is -2.41. The molecule has 2 aromatic rings. The number of anilines is 1. The number of nitrogens with one attached hydrogen (secondary N) is 1. The number of amides is 1. The minimum atomic E-state index is -3.73. The number of sulfonamides is 1. The van der Waals surface area contributed by atoms with Gasteiger partial charge in [0.05, 0.1) is 28.0 Å². The van der Waals surface area contributed by atoms with Gasteiger partial charge in [-0.1, -0.05) is 35.3 Å². The number of nitrogens with zero attached hydrogens (tertiary/aromatic N) is 1. The minimum absolute atomic E-state index is 0.179. The maximum absolute atomic E-state index is 13.0. The summed E-state index contributed by atoms with van der Waals surface area (Å²) in [4.78, 5) is 12.3. The van der Waals surface area contributed by atoms with Crippen LogP contribution in [0.25, 0.3) is 0 Å². The highest BCUT2D eigenvalue weighted by atomic mass is 35.5. The van der Waals surface area contributed by atoms with Gasteiger partial charge in [-0.2, -0.15) is 0 Å². The number of hydrogen-bond acceptors (Lipinski definition) is 3. The lowest BCUT2D eigenvalue weighted by molar-refractivity contribution is -0.120. The van der Waals surface area contributed by atoms with E-state index in [9.17, 15) is 17.6 Å². The molecule has 140 valence electrons. The van der Waals surface area contributed by atoms with Crippen LogP contribution in [-0.2, 0) is 14.8 Å². The largest absolute Gasteiger partial charge is 0.348 e. The van der Waals surface area contributed by atoms with Crippen molar-refractivity contribution in [2.24, 2.45) is 0 Å². The van der Waals surface area contributed by atoms with Gasteiger partial charge in [0.15, 0.2) is 0 Å². The number of rotatable bonds is 6. The second-order valence-corrected chi connectivity index (χ2v) is 8.43. The summed E-state index contributed by atoms with van der Waals surface area (Å²) in [5.74, 6) is -0.895. The summed E-state index contributed by atoms with van der Waals surface area (Å²) in [5.41, 5.74) is 0.923. The second kappa shape index (κ2) is 8.24. The van der Waals surface area contributed by atoms with Crippen molar-refractivity contribution in [1.82, 2.24) is 5.32 Å². The standard InChI is InChI=1S/C17H17Cl2FN2O3S/c1-11(12-3-5-13(20)6-4-12)21-17(23)10-22(26(2,24)25)14-7-8-15(18)16(19)9-14/h3-9,11H,10H2,1-2H3,(H,21,23)/t11-/m1/s1. The van der Waals surface area contributed by atoms with Crippen LogP contribution < -0.4 is 9.62 Å². The molecule has 5 nitrogen and oxygen atoms in total. The molecule has 0 spiro atoms. The van der Waals surface area contributed by atoms with Crippen LogP contribution in [0.3, 0.4) is 0 Å². The third-order valence-electron chi connectivity index (χ3n) is 3.63. The lowest BCUT2D eigenvalue weighted by Gasteiger charge is -2.23. The predicted molar refractivity (Wildman–Crippen MR) is 102 cm³/mol. The van der Waals surface area contributed by atoms with Gasteiger partial charge in [0.1, 0.15) is 12.4 Å². The highest BCUT2D eigenvalue weighted by Gasteiger charge is 2.22. The van der Waals surface area contributed by atoms with Gasteiger partial charge in [-0.3, -0.25) is 9.10 Å². The zero-order valence-electron chi connectivity index (χ0n) is 14.0. The minimum Gasteiger partial charge on any atom is -0.348 e. The van der Waals surface area contributed by atoms with Crippen molar-refractivity contribution in [3.8, 4) is 0 Å². The molecule has 9 heteroatoms. The van der Waals surface area contributed by atoms with E-state index < -0.39 is 28.5 Å². The zero-order valence-corrected chi connectivity index (χ0v) is 16.4. The molecule has 0 heterocycles. The SMILES string of the molecule is C[C@@H](NC(=O)CN(c1ccc(Cl)c(Cl)c1)S(C)(=O)=O)c1ccc(F)cc1. The third-order valence-corrected chi connectivity index (χ3v) is 5.51. The molecule has 0 bridgehead atoms. The molecule has 0 aliphatic carbocycles. The molecule has 0 fully saturated rings. The van der Waals surface area contributed by atoms with E-state index in [2.05, 4.69) is 5.32 Å². The average molecular weight is 419 g/mol. The van der Waals surface area contributed by atoms with Gasteiger partial charge >= 0.3 is 0 Å². The Labute approximate surface area is 161 Å². The zero-order chi connectivity index (χ0) is 19.5. The Morgan fingerprint density at radius 3 is 2.31 bits per heavy atom. The first-order chi connectivity index (χ1) is 12.1. The van der Waals surface area contributed by atoms with Crippen molar-refractivity contribution in [2.75, 3.05) is 17.1 Å². The fraction of sp³-hybridized carbons (Fsp3) is 0.235. The monoisotopic (exact) mass is 418 g/mol. The molecule has 1 amide bonds. The predicted octanol–water partition coefficient (Wildman–Crippen LogP) is 3.78. The van der Waals surface area contributed by atoms with Crippen LogP contribution in [0.1, 0.15) is 18.5 Å². The van der Waals surface area contributed by atoms with Gasteiger partial charge in [0.25, 0.3) is 0 Å². The van der Waals surface area contributed by atoms with E-state index in [1.54, 1.807) is 19.1 Å². The molecule has 0 aliphatic rings. The first-order valence-electron chi connectivity index (χ1n) is 7.55. The maximum Gasteiger partial charge on any atom is 0.241 e. The molecule has 0 saturated heterocycles. The number of hydrogen-bond donors (Lipinski definition) is 1. The van der Waals surface area contributed by atoms with Gasteiger partial charge < -0.3 is 5.32 Å². The fourth-order valence-corrected chi connectivity index (χ4v) is 3.43. The van der Waals surface area contributed by atoms with Gasteiger partial charge in [0, 0.05) is 0 Å². The molecule has 26 heavy (non-hydrogen) atoms. The first kappa shape index (κ1) is 20.5. The molecule has 0 unspecified atom stereocenters. The van der Waals surface area contributed by atoms with Gasteiger partial charge in [-0.25, -0.2) is 12.8 Å². The van der Waals surface area contributed by atoms with E-state index in [-0.39, 0.29) is 21.5 Å². The fourth-order valence-electron chi connectivity index (χ4n) is 2.29. The topological polar surface area (TPSA) is 66.5 Å². The Balaban J connectivity index is 2.16. The van der Waals surface area contributed by atoms with Crippen molar-refractivity contribution >= 4 is 44.8 Å². The summed E-state index contributed by atoms with van der Waals surface area (Å²) in [6.45, 7) is 1.29. The van der Waals surface area contributed by atoms with Crippen LogP contribution in [0.15, 0.2) is 42.5 Å². The number of carbonyl (C=O) groups excluding carboxylic acids is 1. The van der Waals surface area contributed by atoms with Gasteiger partial charge in [-0.15, -0.1) is 0 Å². The second-order valence-electron chi connectivity index (χ2n) is 5.71. The Kier molecular flexibility index (Phi) is 6.49. The van der Waals surface area contributed by atoms with Crippen molar-refractivity contribution < 1.29 is 17.6 Å². The van der Waals surface area contributed by atoms with E-state index in [1.165, 1.54) is 30.3 Å². The molecule has 0 aromatic heterocycles. The van der Waals surface area contributed by atoms with E-state index in [1.807, 2.05) is 0 Å². The molecule has 0 radical (unpaired) electrons. The Hall–Kier alpha value is -1.83. The van der Waals surface area contributed by atoms with Gasteiger partial charge in [0.2, 0.25) is 15.9 Å². The molecular formula is C17H17Cl2FN2O3S. The number of halogens is 3. The molecule has 1 atom stereocenters. The Morgan fingerprint density at radius 2 is 1.77 bits per heavy atom. The quantitative estimate of drug-likeness (QED) is 0.775. The normalized spacial score (nSPS) is 12.5. The smallest absolute Gasteiger partial charge is 0.241 e. The van der Waals surface area contributed by atoms with Crippen molar-refractivity contribution in [3.05, 3.63) is 63.9 Å². The summed E-state index contributed by atoms with van der Waals surface area (Å²) < 4.78 is 38.1. The third kappa shape index (κ3) is 5.33. The van der Waals surface area contributed by atoms with E-state index in [4.69, 9.17) is 23.2 Å². The van der Waals surface area contributed by atoms with Gasteiger partial charge in [-0.05, 0) is 42.8 Å². The van der Waals surface area contributed by atoms with Crippen LogP contribution in [0.5, 0.6) is 0 Å². The molecule has 2 aromatic carbocycles. The molecule has 0 saturated carbocycles. The van der Waals surface area contributed by atoms with Crippen molar-refractivity contribution in [2.45, 2.75) is 13.0 Å². The van der Waals surface area contributed by atoms with Crippen LogP contribution >= 0.6 is 23.2 Å². The van der Waals surface area contributed by atoms with Crippen molar-refractivity contribution in [1.29, 1.82) is 0 Å².